The molecule has 2 aliphatic heterocycles. The molecule has 2 heterocycles. The second-order valence-corrected chi connectivity index (χ2v) is 2.59. The average molecular weight is 130 g/mol. The van der Waals surface area contributed by atoms with E-state index in [2.05, 4.69) is 0 Å². The molecular formula is C6H10O3. The van der Waals surface area contributed by atoms with E-state index in [1.54, 1.807) is 0 Å². The SMILES string of the molecule is OC1COC2OCC[C@H]12. The predicted molar refractivity (Wildman–Crippen MR) is 29.8 cm³/mol. The molecule has 3 atom stereocenters. The third-order valence-electron chi connectivity index (χ3n) is 2.01. The Labute approximate surface area is 53.6 Å². The molecule has 9 heavy (non-hydrogen) atoms. The molecule has 0 aromatic carbocycles. The fraction of sp³-hybridized carbons (Fsp3) is 1.00. The van der Waals surface area contributed by atoms with Gasteiger partial charge < -0.3 is 14.6 Å². The second kappa shape index (κ2) is 1.94. The van der Waals surface area contributed by atoms with Crippen LogP contribution in [0.2, 0.25) is 0 Å². The molecule has 0 aliphatic carbocycles. The van der Waals surface area contributed by atoms with Gasteiger partial charge in [-0.1, -0.05) is 0 Å². The number of aliphatic hydroxyl groups excluding tert-OH is 1. The van der Waals surface area contributed by atoms with Crippen LogP contribution in [0.1, 0.15) is 6.42 Å². The minimum atomic E-state index is -0.280. The predicted octanol–water partition coefficient (Wildman–Crippen LogP) is -0.260. The van der Waals surface area contributed by atoms with Crippen LogP contribution < -0.4 is 0 Å². The number of hydrogen-bond donors (Lipinski definition) is 1. The topological polar surface area (TPSA) is 38.7 Å². The van der Waals surface area contributed by atoms with Gasteiger partial charge in [0.05, 0.1) is 19.3 Å². The van der Waals surface area contributed by atoms with Crippen molar-refractivity contribution in [1.29, 1.82) is 0 Å². The molecule has 52 valence electrons. The van der Waals surface area contributed by atoms with Crippen LogP contribution in [0.25, 0.3) is 0 Å². The summed E-state index contributed by atoms with van der Waals surface area (Å²) in [6, 6.07) is 0. The van der Waals surface area contributed by atoms with Gasteiger partial charge in [0.1, 0.15) is 0 Å². The molecule has 0 bridgehead atoms. The first-order valence-electron chi connectivity index (χ1n) is 3.29. The Hall–Kier alpha value is -0.120. The molecule has 0 aromatic rings. The van der Waals surface area contributed by atoms with Crippen LogP contribution in [-0.4, -0.2) is 30.7 Å². The molecule has 2 fully saturated rings. The molecular weight excluding hydrogens is 120 g/mol. The van der Waals surface area contributed by atoms with E-state index in [4.69, 9.17) is 9.47 Å². The largest absolute Gasteiger partial charge is 0.390 e. The molecule has 3 heteroatoms. The Balaban J connectivity index is 2.07. The molecule has 0 spiro atoms. The van der Waals surface area contributed by atoms with Crippen molar-refractivity contribution in [1.82, 2.24) is 0 Å². The minimum Gasteiger partial charge on any atom is -0.390 e. The summed E-state index contributed by atoms with van der Waals surface area (Å²) >= 11 is 0. The average Bonchev–Trinajstić information content (AvgIpc) is 2.35. The Kier molecular flexibility index (Phi) is 1.22. The summed E-state index contributed by atoms with van der Waals surface area (Å²) in [6.45, 7) is 1.20. The van der Waals surface area contributed by atoms with Crippen LogP contribution in [0.4, 0.5) is 0 Å². The van der Waals surface area contributed by atoms with Crippen molar-refractivity contribution < 1.29 is 14.6 Å². The highest BCUT2D eigenvalue weighted by Gasteiger charge is 2.40. The van der Waals surface area contributed by atoms with Gasteiger partial charge in [0, 0.05) is 5.92 Å². The van der Waals surface area contributed by atoms with Crippen molar-refractivity contribution in [2.24, 2.45) is 5.92 Å². The van der Waals surface area contributed by atoms with Crippen LogP contribution in [0.3, 0.4) is 0 Å². The summed E-state index contributed by atoms with van der Waals surface area (Å²) in [5.74, 6) is 0.255. The van der Waals surface area contributed by atoms with Gasteiger partial charge in [0.25, 0.3) is 0 Å². The lowest BCUT2D eigenvalue weighted by Crippen LogP contribution is -2.18. The maximum atomic E-state index is 9.19. The molecule has 0 saturated carbocycles. The van der Waals surface area contributed by atoms with E-state index in [1.165, 1.54) is 0 Å². The molecule has 2 unspecified atom stereocenters. The van der Waals surface area contributed by atoms with Gasteiger partial charge in [-0.25, -0.2) is 0 Å². The van der Waals surface area contributed by atoms with Gasteiger partial charge in [0.2, 0.25) is 0 Å². The fourth-order valence-corrected chi connectivity index (χ4v) is 1.44. The smallest absolute Gasteiger partial charge is 0.163 e. The summed E-state index contributed by atoms with van der Waals surface area (Å²) in [4.78, 5) is 0. The maximum absolute atomic E-state index is 9.19. The third kappa shape index (κ3) is 0.764. The standard InChI is InChI=1S/C6H10O3/c7-5-3-9-6-4(5)1-2-8-6/h4-7H,1-3H2/t4-,5?,6?/m1/s1. The molecule has 2 aliphatic rings. The van der Waals surface area contributed by atoms with Crippen molar-refractivity contribution >= 4 is 0 Å². The van der Waals surface area contributed by atoms with Gasteiger partial charge >= 0.3 is 0 Å². The quantitative estimate of drug-likeness (QED) is 0.491. The molecule has 3 nitrogen and oxygen atoms in total. The van der Waals surface area contributed by atoms with Gasteiger partial charge in [-0.05, 0) is 6.42 Å². The minimum absolute atomic E-state index is 0.0972. The Bertz CT molecular complexity index is 115. The summed E-state index contributed by atoms with van der Waals surface area (Å²) in [5, 5.41) is 9.19. The van der Waals surface area contributed by atoms with Crippen LogP contribution >= 0.6 is 0 Å². The molecule has 1 N–H and O–H groups in total. The zero-order chi connectivity index (χ0) is 6.27. The van der Waals surface area contributed by atoms with E-state index < -0.39 is 0 Å². The van der Waals surface area contributed by atoms with Crippen molar-refractivity contribution in [3.8, 4) is 0 Å². The van der Waals surface area contributed by atoms with Crippen LogP contribution in [0, 0.1) is 5.92 Å². The Morgan fingerprint density at radius 3 is 3.00 bits per heavy atom. The van der Waals surface area contributed by atoms with Crippen molar-refractivity contribution in [3.05, 3.63) is 0 Å². The van der Waals surface area contributed by atoms with Gasteiger partial charge in [-0.2, -0.15) is 0 Å². The van der Waals surface area contributed by atoms with Gasteiger partial charge in [0.15, 0.2) is 6.29 Å². The number of hydrogen-bond acceptors (Lipinski definition) is 3. The van der Waals surface area contributed by atoms with E-state index in [1.807, 2.05) is 0 Å². The van der Waals surface area contributed by atoms with Crippen LogP contribution in [0.15, 0.2) is 0 Å². The first-order chi connectivity index (χ1) is 4.38. The van der Waals surface area contributed by atoms with E-state index in [0.717, 1.165) is 13.0 Å². The molecule has 0 amide bonds. The van der Waals surface area contributed by atoms with E-state index in [-0.39, 0.29) is 18.3 Å². The van der Waals surface area contributed by atoms with Gasteiger partial charge in [-0.15, -0.1) is 0 Å². The zero-order valence-corrected chi connectivity index (χ0v) is 5.12. The number of rotatable bonds is 0. The second-order valence-electron chi connectivity index (χ2n) is 2.59. The highest BCUT2D eigenvalue weighted by Crippen LogP contribution is 2.30. The summed E-state index contributed by atoms with van der Waals surface area (Å²) in [7, 11) is 0. The number of ether oxygens (including phenoxy) is 2. The highest BCUT2D eigenvalue weighted by atomic mass is 16.7. The lowest BCUT2D eigenvalue weighted by Gasteiger charge is -2.06. The third-order valence-corrected chi connectivity index (χ3v) is 2.01. The Morgan fingerprint density at radius 2 is 2.22 bits per heavy atom. The lowest BCUT2D eigenvalue weighted by molar-refractivity contribution is -0.0907. The monoisotopic (exact) mass is 130 g/mol. The highest BCUT2D eigenvalue weighted by molar-refractivity contribution is 4.81. The molecule has 2 saturated heterocycles. The van der Waals surface area contributed by atoms with E-state index in [9.17, 15) is 5.11 Å². The summed E-state index contributed by atoms with van der Waals surface area (Å²) in [5.41, 5.74) is 0. The normalized spacial score (nSPS) is 49.7. The van der Waals surface area contributed by atoms with Gasteiger partial charge in [-0.3, -0.25) is 0 Å². The maximum Gasteiger partial charge on any atom is 0.163 e. The van der Waals surface area contributed by atoms with Crippen molar-refractivity contribution in [3.63, 3.8) is 0 Å². The van der Waals surface area contributed by atoms with E-state index in [0.29, 0.717) is 6.61 Å². The lowest BCUT2D eigenvalue weighted by atomic mass is 10.0. The first-order valence-corrected chi connectivity index (χ1v) is 3.29. The molecule has 0 radical (unpaired) electrons. The fourth-order valence-electron chi connectivity index (χ4n) is 1.44. The molecule has 2 rings (SSSR count). The van der Waals surface area contributed by atoms with Crippen LogP contribution in [-0.2, 0) is 9.47 Å². The summed E-state index contributed by atoms with van der Waals surface area (Å²) in [6.07, 6.45) is 0.573. The Morgan fingerprint density at radius 1 is 1.33 bits per heavy atom. The zero-order valence-electron chi connectivity index (χ0n) is 5.12. The summed E-state index contributed by atoms with van der Waals surface area (Å²) < 4.78 is 10.3. The number of aliphatic hydroxyl groups is 1. The number of fused-ring (bicyclic) bond motifs is 1. The van der Waals surface area contributed by atoms with Crippen LogP contribution in [0.5, 0.6) is 0 Å². The van der Waals surface area contributed by atoms with Crippen molar-refractivity contribution in [2.45, 2.75) is 18.8 Å². The molecule has 0 aromatic heterocycles. The van der Waals surface area contributed by atoms with E-state index >= 15 is 0 Å². The van der Waals surface area contributed by atoms with Crippen molar-refractivity contribution in [2.75, 3.05) is 13.2 Å². The first kappa shape index (κ1) is 5.65.